The van der Waals surface area contributed by atoms with Crippen LogP contribution < -0.4 is 0 Å². The molecule has 0 radical (unpaired) electrons. The second kappa shape index (κ2) is 4.44. The zero-order valence-electron chi connectivity index (χ0n) is 13.4. The quantitative estimate of drug-likeness (QED) is 0.687. The number of allylic oxidation sites excluding steroid dienone is 1. The van der Waals surface area contributed by atoms with Gasteiger partial charge in [-0.25, -0.2) is 0 Å². The van der Waals surface area contributed by atoms with E-state index in [1.165, 1.54) is 18.4 Å². The Morgan fingerprint density at radius 1 is 1.00 bits per heavy atom. The molecule has 0 unspecified atom stereocenters. The van der Waals surface area contributed by atoms with Crippen LogP contribution in [0, 0.1) is 28.6 Å². The molecule has 4 aliphatic rings. The molecule has 3 saturated carbocycles. The number of carbonyl (C=O) groups is 1. The van der Waals surface area contributed by atoms with Crippen LogP contribution in [0.3, 0.4) is 0 Å². The standard InChI is InChI=1S/C19H28O2/c1-18-9-7-13(20)11-12(18)3-4-14-15-5-6-17(21)19(15,2)10-8-16(14)18/h11,13-16,20H,3-10H2,1-2H3/t13-,14-,15-,16+,18+,19+/m0/s1. The van der Waals surface area contributed by atoms with Gasteiger partial charge in [0.15, 0.2) is 0 Å². The molecule has 0 bridgehead atoms. The lowest BCUT2D eigenvalue weighted by Crippen LogP contribution is -2.50. The average molecular weight is 288 g/mol. The number of hydrogen-bond acceptors (Lipinski definition) is 2. The highest BCUT2D eigenvalue weighted by Gasteiger charge is 2.58. The van der Waals surface area contributed by atoms with Crippen molar-refractivity contribution >= 4 is 5.78 Å². The van der Waals surface area contributed by atoms with Crippen molar-refractivity contribution in [3.8, 4) is 0 Å². The van der Waals surface area contributed by atoms with Crippen molar-refractivity contribution in [1.82, 2.24) is 0 Å². The molecule has 6 atom stereocenters. The van der Waals surface area contributed by atoms with Gasteiger partial charge < -0.3 is 5.11 Å². The van der Waals surface area contributed by atoms with Crippen molar-refractivity contribution in [2.45, 2.75) is 71.3 Å². The molecule has 1 N–H and O–H groups in total. The van der Waals surface area contributed by atoms with Gasteiger partial charge in [-0.1, -0.05) is 25.5 Å². The van der Waals surface area contributed by atoms with Gasteiger partial charge in [0.05, 0.1) is 6.10 Å². The molecule has 0 aromatic heterocycles. The van der Waals surface area contributed by atoms with E-state index < -0.39 is 0 Å². The molecule has 2 heteroatoms. The number of Topliss-reactive ketones (excluding diaryl/α,β-unsaturated/α-hetero) is 1. The third kappa shape index (κ3) is 1.78. The minimum atomic E-state index is -0.216. The van der Waals surface area contributed by atoms with Gasteiger partial charge in [0.2, 0.25) is 0 Å². The average Bonchev–Trinajstić information content (AvgIpc) is 2.76. The van der Waals surface area contributed by atoms with E-state index in [1.54, 1.807) is 0 Å². The highest BCUT2D eigenvalue weighted by atomic mass is 16.3. The first-order valence-electron chi connectivity index (χ1n) is 8.88. The van der Waals surface area contributed by atoms with Crippen LogP contribution in [0.15, 0.2) is 11.6 Å². The Balaban J connectivity index is 1.69. The largest absolute Gasteiger partial charge is 0.389 e. The summed E-state index contributed by atoms with van der Waals surface area (Å²) in [5.74, 6) is 2.66. The summed E-state index contributed by atoms with van der Waals surface area (Å²) in [5, 5.41) is 9.96. The molecule has 3 fully saturated rings. The fraction of sp³-hybridized carbons (Fsp3) is 0.842. The van der Waals surface area contributed by atoms with Crippen molar-refractivity contribution in [1.29, 1.82) is 0 Å². The Hall–Kier alpha value is -0.630. The molecule has 116 valence electrons. The van der Waals surface area contributed by atoms with Gasteiger partial charge in [0.1, 0.15) is 5.78 Å². The van der Waals surface area contributed by atoms with Gasteiger partial charge in [0.25, 0.3) is 0 Å². The predicted octanol–water partition coefficient (Wildman–Crippen LogP) is 3.88. The van der Waals surface area contributed by atoms with Gasteiger partial charge >= 0.3 is 0 Å². The summed E-state index contributed by atoms with van der Waals surface area (Å²) in [6.07, 6.45) is 10.7. The summed E-state index contributed by atoms with van der Waals surface area (Å²) in [7, 11) is 0. The Labute approximate surface area is 128 Å². The monoisotopic (exact) mass is 288 g/mol. The maximum Gasteiger partial charge on any atom is 0.139 e. The molecule has 4 rings (SSSR count). The summed E-state index contributed by atoms with van der Waals surface area (Å²) in [4.78, 5) is 12.4. The Morgan fingerprint density at radius 3 is 2.52 bits per heavy atom. The molecule has 0 amide bonds. The molecule has 0 heterocycles. The summed E-state index contributed by atoms with van der Waals surface area (Å²) >= 11 is 0. The van der Waals surface area contributed by atoms with Gasteiger partial charge in [-0.05, 0) is 68.1 Å². The van der Waals surface area contributed by atoms with Crippen LogP contribution in [0.25, 0.3) is 0 Å². The summed E-state index contributed by atoms with van der Waals surface area (Å²) < 4.78 is 0. The van der Waals surface area contributed by atoms with Crippen molar-refractivity contribution in [2.24, 2.45) is 28.6 Å². The van der Waals surface area contributed by atoms with Gasteiger partial charge in [-0.2, -0.15) is 0 Å². The van der Waals surface area contributed by atoms with E-state index >= 15 is 0 Å². The minimum absolute atomic E-state index is 0.00702. The van der Waals surface area contributed by atoms with E-state index in [2.05, 4.69) is 19.9 Å². The number of ketones is 1. The van der Waals surface area contributed by atoms with Crippen LogP contribution in [-0.2, 0) is 4.79 Å². The number of fused-ring (bicyclic) bond motifs is 5. The smallest absolute Gasteiger partial charge is 0.139 e. The number of aliphatic hydroxyl groups excluding tert-OH is 1. The van der Waals surface area contributed by atoms with E-state index in [4.69, 9.17) is 0 Å². The first-order valence-corrected chi connectivity index (χ1v) is 8.88. The molecular weight excluding hydrogens is 260 g/mol. The van der Waals surface area contributed by atoms with Crippen molar-refractivity contribution < 1.29 is 9.90 Å². The highest BCUT2D eigenvalue weighted by molar-refractivity contribution is 5.87. The summed E-state index contributed by atoms with van der Waals surface area (Å²) in [6.45, 7) is 4.70. The maximum absolute atomic E-state index is 12.4. The summed E-state index contributed by atoms with van der Waals surface area (Å²) in [5.41, 5.74) is 1.82. The predicted molar refractivity (Wildman–Crippen MR) is 82.7 cm³/mol. The normalized spacial score (nSPS) is 52.7. The fourth-order valence-corrected chi connectivity index (χ4v) is 6.48. The van der Waals surface area contributed by atoms with Gasteiger partial charge in [0, 0.05) is 11.8 Å². The van der Waals surface area contributed by atoms with Crippen LogP contribution in [0.2, 0.25) is 0 Å². The third-order valence-electron chi connectivity index (χ3n) is 7.80. The Morgan fingerprint density at radius 2 is 1.71 bits per heavy atom. The van der Waals surface area contributed by atoms with E-state index in [0.29, 0.717) is 17.1 Å². The van der Waals surface area contributed by atoms with Gasteiger partial charge in [-0.15, -0.1) is 0 Å². The van der Waals surface area contributed by atoms with E-state index in [1.807, 2.05) is 0 Å². The Kier molecular flexibility index (Phi) is 2.96. The van der Waals surface area contributed by atoms with Crippen LogP contribution in [-0.4, -0.2) is 17.0 Å². The SMILES string of the molecule is C[C@@]12CC[C@@H]3[C@@H](CCC4=C[C@@H](O)CC[C@]43C)[C@@H]1CCC2=O. The van der Waals surface area contributed by atoms with Crippen molar-refractivity contribution in [3.63, 3.8) is 0 Å². The van der Waals surface area contributed by atoms with Crippen molar-refractivity contribution in [3.05, 3.63) is 11.6 Å². The molecule has 0 aromatic rings. The van der Waals surface area contributed by atoms with Crippen LogP contribution >= 0.6 is 0 Å². The first-order chi connectivity index (χ1) is 9.95. The molecule has 0 aliphatic heterocycles. The fourth-order valence-electron chi connectivity index (χ4n) is 6.48. The number of rotatable bonds is 0. The molecule has 2 nitrogen and oxygen atoms in total. The topological polar surface area (TPSA) is 37.3 Å². The zero-order chi connectivity index (χ0) is 14.8. The number of hydrogen-bond donors (Lipinski definition) is 1. The molecule has 21 heavy (non-hydrogen) atoms. The second-order valence-electron chi connectivity index (χ2n) is 8.55. The third-order valence-corrected chi connectivity index (χ3v) is 7.80. The van der Waals surface area contributed by atoms with Crippen LogP contribution in [0.1, 0.15) is 65.2 Å². The second-order valence-corrected chi connectivity index (χ2v) is 8.55. The van der Waals surface area contributed by atoms with Crippen LogP contribution in [0.5, 0.6) is 0 Å². The number of carbonyl (C=O) groups excluding carboxylic acids is 1. The molecule has 0 aromatic carbocycles. The van der Waals surface area contributed by atoms with E-state index in [-0.39, 0.29) is 11.5 Å². The Bertz CT molecular complexity index is 508. The number of aliphatic hydroxyl groups is 1. The van der Waals surface area contributed by atoms with Crippen LogP contribution in [0.4, 0.5) is 0 Å². The lowest BCUT2D eigenvalue weighted by atomic mass is 9.47. The molecular formula is C19H28O2. The lowest BCUT2D eigenvalue weighted by molar-refractivity contribution is -0.132. The molecule has 4 aliphatic carbocycles. The maximum atomic E-state index is 12.4. The molecule has 0 saturated heterocycles. The minimum Gasteiger partial charge on any atom is -0.389 e. The highest BCUT2D eigenvalue weighted by Crippen LogP contribution is 2.64. The molecule has 0 spiro atoms. The van der Waals surface area contributed by atoms with E-state index in [0.717, 1.165) is 50.4 Å². The lowest BCUT2D eigenvalue weighted by Gasteiger charge is -2.57. The van der Waals surface area contributed by atoms with E-state index in [9.17, 15) is 9.90 Å². The van der Waals surface area contributed by atoms with Crippen molar-refractivity contribution in [2.75, 3.05) is 0 Å². The summed E-state index contributed by atoms with van der Waals surface area (Å²) in [6, 6.07) is 0. The first kappa shape index (κ1) is 14.0. The zero-order valence-corrected chi connectivity index (χ0v) is 13.4. The van der Waals surface area contributed by atoms with Gasteiger partial charge in [-0.3, -0.25) is 4.79 Å².